The van der Waals surface area contributed by atoms with Gasteiger partial charge in [0.15, 0.2) is 0 Å². The molecule has 0 spiro atoms. The molecule has 0 aliphatic heterocycles. The zero-order valence-electron chi connectivity index (χ0n) is 25.8. The highest BCUT2D eigenvalue weighted by Gasteiger charge is 2.37. The minimum Gasteiger partial charge on any atom is -0.444 e. The number of anilines is 1. The molecule has 2 unspecified atom stereocenters. The molecule has 42 heavy (non-hydrogen) atoms. The second kappa shape index (κ2) is 15.2. The van der Waals surface area contributed by atoms with E-state index in [4.69, 9.17) is 4.74 Å². The Bertz CT molecular complexity index is 1330. The first-order valence-electron chi connectivity index (χ1n) is 14.8. The zero-order chi connectivity index (χ0) is 30.7. The molecular formula is C35H45N3O4. The molecule has 0 heterocycles. The molecule has 0 aliphatic carbocycles. The van der Waals surface area contributed by atoms with Crippen LogP contribution >= 0.6 is 0 Å². The van der Waals surface area contributed by atoms with Crippen LogP contribution in [0.4, 0.5) is 10.5 Å². The molecule has 0 radical (unpaired) electrons. The summed E-state index contributed by atoms with van der Waals surface area (Å²) in [5, 5.41) is 5.90. The van der Waals surface area contributed by atoms with Gasteiger partial charge >= 0.3 is 6.09 Å². The molecule has 2 N–H and O–H groups in total. The summed E-state index contributed by atoms with van der Waals surface area (Å²) in [4.78, 5) is 43.3. The van der Waals surface area contributed by atoms with Crippen LogP contribution in [0.3, 0.4) is 0 Å². The van der Waals surface area contributed by atoms with Crippen LogP contribution in [0, 0.1) is 13.8 Å². The lowest BCUT2D eigenvalue weighted by atomic mass is 9.96. The SMILES string of the molecule is CCCCCN(C(=O)C(Cc1ccccc1)NC(=O)OC(C)(C)C)C(C(=O)Nc1ccccc1C)c1ccccc1C. The Kier molecular flexibility index (Phi) is 11.7. The lowest BCUT2D eigenvalue weighted by Gasteiger charge is -2.35. The Labute approximate surface area is 250 Å². The number of para-hydroxylation sites is 1. The van der Waals surface area contributed by atoms with Gasteiger partial charge in [0.2, 0.25) is 5.91 Å². The number of hydrogen-bond acceptors (Lipinski definition) is 4. The number of alkyl carbamates (subject to hydrolysis) is 1. The van der Waals surface area contributed by atoms with Crippen LogP contribution in [0.2, 0.25) is 0 Å². The summed E-state index contributed by atoms with van der Waals surface area (Å²) in [6.45, 7) is 11.7. The number of nitrogens with zero attached hydrogens (tertiary/aromatic N) is 1. The maximum Gasteiger partial charge on any atom is 0.408 e. The molecule has 7 nitrogen and oxygen atoms in total. The molecule has 0 fully saturated rings. The Morgan fingerprint density at radius 1 is 0.833 bits per heavy atom. The fourth-order valence-electron chi connectivity index (χ4n) is 4.86. The summed E-state index contributed by atoms with van der Waals surface area (Å²) in [6, 6.07) is 22.9. The number of hydrogen-bond donors (Lipinski definition) is 2. The quantitative estimate of drug-likeness (QED) is 0.226. The first-order valence-corrected chi connectivity index (χ1v) is 14.8. The van der Waals surface area contributed by atoms with Gasteiger partial charge in [0.25, 0.3) is 5.91 Å². The lowest BCUT2D eigenvalue weighted by Crippen LogP contribution is -2.53. The Balaban J connectivity index is 2.08. The van der Waals surface area contributed by atoms with Gasteiger partial charge in [-0.15, -0.1) is 0 Å². The predicted molar refractivity (Wildman–Crippen MR) is 168 cm³/mol. The minimum atomic E-state index is -0.943. The minimum absolute atomic E-state index is 0.253. The lowest BCUT2D eigenvalue weighted by molar-refractivity contribution is -0.140. The first-order chi connectivity index (χ1) is 20.0. The standard InChI is InChI=1S/C35H45N3O4/c1-7-8-16-23-38(33(40)30(24-27-19-10-9-11-20-27)37-34(41)42-35(4,5)6)31(28-21-14-12-17-25(28)2)32(39)36-29-22-15-13-18-26(29)3/h9-15,17-22,30-31H,7-8,16,23-24H2,1-6H3,(H,36,39)(H,37,41). The van der Waals surface area contributed by atoms with Crippen molar-refractivity contribution >= 4 is 23.6 Å². The maximum atomic E-state index is 14.6. The summed E-state index contributed by atoms with van der Waals surface area (Å²) in [5.41, 5.74) is 3.40. The van der Waals surface area contributed by atoms with Gasteiger partial charge in [-0.1, -0.05) is 92.6 Å². The first kappa shape index (κ1) is 32.4. The van der Waals surface area contributed by atoms with E-state index in [9.17, 15) is 14.4 Å². The molecule has 224 valence electrons. The molecule has 3 aromatic rings. The van der Waals surface area contributed by atoms with E-state index in [1.807, 2.05) is 92.7 Å². The van der Waals surface area contributed by atoms with Gasteiger partial charge < -0.3 is 20.3 Å². The van der Waals surface area contributed by atoms with Crippen LogP contribution in [0.15, 0.2) is 78.9 Å². The van der Waals surface area contributed by atoms with Crippen LogP contribution in [-0.4, -0.2) is 41.0 Å². The number of amides is 3. The predicted octanol–water partition coefficient (Wildman–Crippen LogP) is 7.14. The fourth-order valence-corrected chi connectivity index (χ4v) is 4.86. The van der Waals surface area contributed by atoms with Crippen molar-refractivity contribution in [3.8, 4) is 0 Å². The van der Waals surface area contributed by atoms with Gasteiger partial charge in [-0.2, -0.15) is 0 Å². The number of unbranched alkanes of at least 4 members (excludes halogenated alkanes) is 2. The highest BCUT2D eigenvalue weighted by Crippen LogP contribution is 2.28. The van der Waals surface area contributed by atoms with E-state index < -0.39 is 23.8 Å². The monoisotopic (exact) mass is 571 g/mol. The van der Waals surface area contributed by atoms with Gasteiger partial charge in [-0.3, -0.25) is 9.59 Å². The summed E-state index contributed by atoms with van der Waals surface area (Å²) < 4.78 is 5.54. The van der Waals surface area contributed by atoms with E-state index in [0.29, 0.717) is 18.7 Å². The van der Waals surface area contributed by atoms with Crippen molar-refractivity contribution in [2.24, 2.45) is 0 Å². The maximum absolute atomic E-state index is 14.6. The van der Waals surface area contributed by atoms with Crippen molar-refractivity contribution in [2.75, 3.05) is 11.9 Å². The number of rotatable bonds is 12. The molecule has 0 saturated heterocycles. The summed E-state index contributed by atoms with van der Waals surface area (Å²) >= 11 is 0. The molecule has 0 bridgehead atoms. The molecule has 0 saturated carbocycles. The summed E-state index contributed by atoms with van der Waals surface area (Å²) in [5.74, 6) is -0.645. The van der Waals surface area contributed by atoms with E-state index in [0.717, 1.165) is 35.1 Å². The van der Waals surface area contributed by atoms with Gasteiger partial charge in [-0.25, -0.2) is 4.79 Å². The molecular weight excluding hydrogens is 526 g/mol. The number of benzene rings is 3. The Morgan fingerprint density at radius 2 is 1.45 bits per heavy atom. The van der Waals surface area contributed by atoms with E-state index in [1.165, 1.54) is 0 Å². The van der Waals surface area contributed by atoms with Gasteiger partial charge in [-0.05, 0) is 69.4 Å². The fraction of sp³-hybridized carbons (Fsp3) is 0.400. The number of ether oxygens (including phenoxy) is 1. The van der Waals surface area contributed by atoms with Crippen molar-refractivity contribution < 1.29 is 19.1 Å². The van der Waals surface area contributed by atoms with Crippen molar-refractivity contribution in [1.82, 2.24) is 10.2 Å². The van der Waals surface area contributed by atoms with Crippen LogP contribution in [-0.2, 0) is 20.7 Å². The smallest absolute Gasteiger partial charge is 0.408 e. The van der Waals surface area contributed by atoms with Crippen LogP contribution in [0.5, 0.6) is 0 Å². The third kappa shape index (κ3) is 9.47. The number of aryl methyl sites for hydroxylation is 2. The molecule has 3 aromatic carbocycles. The average molecular weight is 572 g/mol. The molecule has 3 rings (SSSR count). The highest BCUT2D eigenvalue weighted by molar-refractivity contribution is 5.99. The largest absolute Gasteiger partial charge is 0.444 e. The Morgan fingerprint density at radius 3 is 2.07 bits per heavy atom. The summed E-state index contributed by atoms with van der Waals surface area (Å²) in [6.07, 6.45) is 2.14. The van der Waals surface area contributed by atoms with E-state index in [-0.39, 0.29) is 18.2 Å². The third-order valence-corrected chi connectivity index (χ3v) is 7.00. The third-order valence-electron chi connectivity index (χ3n) is 7.00. The molecule has 0 aliphatic rings. The van der Waals surface area contributed by atoms with Crippen LogP contribution < -0.4 is 10.6 Å². The van der Waals surface area contributed by atoms with E-state index in [2.05, 4.69) is 17.6 Å². The number of carbonyl (C=O) groups excluding carboxylic acids is 3. The zero-order valence-corrected chi connectivity index (χ0v) is 25.8. The number of carbonyl (C=O) groups is 3. The van der Waals surface area contributed by atoms with Crippen LogP contribution in [0.1, 0.15) is 75.3 Å². The van der Waals surface area contributed by atoms with Crippen molar-refractivity contribution in [3.63, 3.8) is 0 Å². The molecule has 0 aromatic heterocycles. The van der Waals surface area contributed by atoms with E-state index in [1.54, 1.807) is 25.7 Å². The van der Waals surface area contributed by atoms with Crippen molar-refractivity contribution in [3.05, 3.63) is 101 Å². The molecule has 2 atom stereocenters. The molecule has 7 heteroatoms. The van der Waals surface area contributed by atoms with Crippen LogP contribution in [0.25, 0.3) is 0 Å². The second-order valence-corrected chi connectivity index (χ2v) is 11.7. The summed E-state index contributed by atoms with van der Waals surface area (Å²) in [7, 11) is 0. The number of nitrogens with one attached hydrogen (secondary N) is 2. The topological polar surface area (TPSA) is 87.7 Å². The van der Waals surface area contributed by atoms with Gasteiger partial charge in [0.1, 0.15) is 17.7 Å². The van der Waals surface area contributed by atoms with Gasteiger partial charge in [0, 0.05) is 18.7 Å². The van der Waals surface area contributed by atoms with E-state index >= 15 is 0 Å². The van der Waals surface area contributed by atoms with Gasteiger partial charge in [0.05, 0.1) is 0 Å². The Hall–Kier alpha value is -4.13. The van der Waals surface area contributed by atoms with Crippen molar-refractivity contribution in [1.29, 1.82) is 0 Å². The average Bonchev–Trinajstić information content (AvgIpc) is 2.93. The second-order valence-electron chi connectivity index (χ2n) is 11.7. The molecule has 3 amide bonds. The normalized spacial score (nSPS) is 12.6. The van der Waals surface area contributed by atoms with Crippen molar-refractivity contribution in [2.45, 2.75) is 84.9 Å². The highest BCUT2D eigenvalue weighted by atomic mass is 16.6.